The van der Waals surface area contributed by atoms with Crippen molar-refractivity contribution in [1.82, 2.24) is 5.32 Å². The lowest BCUT2D eigenvalue weighted by atomic mass is 9.99. The number of benzene rings is 1. The van der Waals surface area contributed by atoms with E-state index in [9.17, 15) is 4.79 Å². The number of ketones is 1. The Morgan fingerprint density at radius 2 is 2.00 bits per heavy atom. The highest BCUT2D eigenvalue weighted by molar-refractivity contribution is 5.81. The quantitative estimate of drug-likeness (QED) is 0.769. The molecule has 1 unspecified atom stereocenters. The predicted molar refractivity (Wildman–Crippen MR) is 74.0 cm³/mol. The molecule has 1 aromatic rings. The van der Waals surface area contributed by atoms with Crippen molar-refractivity contribution in [2.45, 2.75) is 26.7 Å². The first kappa shape index (κ1) is 14.7. The highest BCUT2D eigenvalue weighted by Crippen LogP contribution is 2.13. The van der Waals surface area contributed by atoms with E-state index in [1.807, 2.05) is 31.2 Å². The van der Waals surface area contributed by atoms with Crippen molar-refractivity contribution in [2.24, 2.45) is 5.92 Å². The number of hydrogen-bond acceptors (Lipinski definition) is 3. The standard InChI is InChI=1S/C15H23NO2/c1-4-16-11-12(2)15(17)10-7-13-5-8-14(18-3)9-6-13/h5-6,8-9,12,16H,4,7,10-11H2,1-3H3. The summed E-state index contributed by atoms with van der Waals surface area (Å²) in [6.45, 7) is 5.72. The van der Waals surface area contributed by atoms with Crippen LogP contribution in [-0.2, 0) is 11.2 Å². The van der Waals surface area contributed by atoms with Gasteiger partial charge in [-0.25, -0.2) is 0 Å². The van der Waals surface area contributed by atoms with Crippen LogP contribution in [0.1, 0.15) is 25.8 Å². The summed E-state index contributed by atoms with van der Waals surface area (Å²) in [6, 6.07) is 7.89. The number of carbonyl (C=O) groups excluding carboxylic acids is 1. The minimum Gasteiger partial charge on any atom is -0.497 e. The largest absolute Gasteiger partial charge is 0.497 e. The summed E-state index contributed by atoms with van der Waals surface area (Å²) >= 11 is 0. The van der Waals surface area contributed by atoms with Crippen molar-refractivity contribution in [3.8, 4) is 5.75 Å². The Bertz CT molecular complexity index is 359. The fourth-order valence-electron chi connectivity index (χ4n) is 1.78. The molecular formula is C15H23NO2. The molecule has 0 saturated carbocycles. The SMILES string of the molecule is CCNCC(C)C(=O)CCc1ccc(OC)cc1. The molecule has 0 saturated heterocycles. The number of hydrogen-bond donors (Lipinski definition) is 1. The second-order valence-electron chi connectivity index (χ2n) is 4.52. The van der Waals surface area contributed by atoms with Gasteiger partial charge in [-0.2, -0.15) is 0 Å². The minimum absolute atomic E-state index is 0.100. The Morgan fingerprint density at radius 3 is 2.56 bits per heavy atom. The first-order chi connectivity index (χ1) is 8.67. The van der Waals surface area contributed by atoms with Crippen LogP contribution < -0.4 is 10.1 Å². The topological polar surface area (TPSA) is 38.3 Å². The van der Waals surface area contributed by atoms with Gasteiger partial charge in [0.05, 0.1) is 7.11 Å². The van der Waals surface area contributed by atoms with Crippen LogP contribution in [0.5, 0.6) is 5.75 Å². The Labute approximate surface area is 110 Å². The molecule has 0 aliphatic rings. The molecule has 1 aromatic carbocycles. The van der Waals surface area contributed by atoms with Crippen LogP contribution in [0.2, 0.25) is 0 Å². The molecule has 0 spiro atoms. The predicted octanol–water partition coefficient (Wildman–Crippen LogP) is 2.44. The van der Waals surface area contributed by atoms with Gasteiger partial charge >= 0.3 is 0 Å². The van der Waals surface area contributed by atoms with Crippen molar-refractivity contribution < 1.29 is 9.53 Å². The van der Waals surface area contributed by atoms with Gasteiger partial charge in [-0.3, -0.25) is 4.79 Å². The third-order valence-corrected chi connectivity index (χ3v) is 3.07. The Balaban J connectivity index is 2.37. The summed E-state index contributed by atoms with van der Waals surface area (Å²) in [4.78, 5) is 11.9. The van der Waals surface area contributed by atoms with Gasteiger partial charge in [-0.1, -0.05) is 26.0 Å². The zero-order chi connectivity index (χ0) is 13.4. The van der Waals surface area contributed by atoms with Crippen LogP contribution in [0.15, 0.2) is 24.3 Å². The summed E-state index contributed by atoms with van der Waals surface area (Å²) < 4.78 is 5.10. The van der Waals surface area contributed by atoms with Gasteiger partial charge in [0, 0.05) is 18.9 Å². The monoisotopic (exact) mass is 249 g/mol. The van der Waals surface area contributed by atoms with E-state index in [0.29, 0.717) is 12.2 Å². The number of aryl methyl sites for hydroxylation is 1. The van der Waals surface area contributed by atoms with Crippen LogP contribution in [-0.4, -0.2) is 26.0 Å². The maximum absolute atomic E-state index is 11.9. The molecule has 18 heavy (non-hydrogen) atoms. The van der Waals surface area contributed by atoms with Crippen molar-refractivity contribution in [2.75, 3.05) is 20.2 Å². The highest BCUT2D eigenvalue weighted by Gasteiger charge is 2.11. The van der Waals surface area contributed by atoms with Crippen LogP contribution >= 0.6 is 0 Å². The number of rotatable bonds is 8. The van der Waals surface area contributed by atoms with Gasteiger partial charge in [0.15, 0.2) is 0 Å². The van der Waals surface area contributed by atoms with E-state index in [2.05, 4.69) is 12.2 Å². The Morgan fingerprint density at radius 1 is 1.33 bits per heavy atom. The Hall–Kier alpha value is -1.35. The number of Topliss-reactive ketones (excluding diaryl/α,β-unsaturated/α-hetero) is 1. The molecule has 1 rings (SSSR count). The smallest absolute Gasteiger partial charge is 0.137 e. The van der Waals surface area contributed by atoms with E-state index in [1.165, 1.54) is 5.56 Å². The molecule has 1 atom stereocenters. The lowest BCUT2D eigenvalue weighted by Gasteiger charge is -2.10. The van der Waals surface area contributed by atoms with E-state index in [-0.39, 0.29) is 5.92 Å². The molecule has 0 heterocycles. The van der Waals surface area contributed by atoms with Crippen LogP contribution in [0.25, 0.3) is 0 Å². The van der Waals surface area contributed by atoms with Gasteiger partial charge < -0.3 is 10.1 Å². The zero-order valence-corrected chi connectivity index (χ0v) is 11.5. The first-order valence-electron chi connectivity index (χ1n) is 6.53. The zero-order valence-electron chi connectivity index (χ0n) is 11.5. The number of nitrogens with one attached hydrogen (secondary N) is 1. The molecule has 0 aliphatic carbocycles. The summed E-state index contributed by atoms with van der Waals surface area (Å²) in [6.07, 6.45) is 1.41. The molecule has 0 bridgehead atoms. The molecule has 0 aliphatic heterocycles. The fraction of sp³-hybridized carbons (Fsp3) is 0.533. The molecule has 0 radical (unpaired) electrons. The average molecular weight is 249 g/mol. The second-order valence-corrected chi connectivity index (χ2v) is 4.52. The molecular weight excluding hydrogens is 226 g/mol. The third kappa shape index (κ3) is 4.88. The van der Waals surface area contributed by atoms with Crippen LogP contribution in [0, 0.1) is 5.92 Å². The first-order valence-corrected chi connectivity index (χ1v) is 6.53. The normalized spacial score (nSPS) is 12.2. The lowest BCUT2D eigenvalue weighted by Crippen LogP contribution is -2.26. The van der Waals surface area contributed by atoms with E-state index < -0.39 is 0 Å². The molecule has 1 N–H and O–H groups in total. The van der Waals surface area contributed by atoms with Crippen LogP contribution in [0.3, 0.4) is 0 Å². The molecule has 0 amide bonds. The number of methoxy groups -OCH3 is 1. The maximum atomic E-state index is 11.9. The van der Waals surface area contributed by atoms with Crippen molar-refractivity contribution in [1.29, 1.82) is 0 Å². The minimum atomic E-state index is 0.100. The Kier molecular flexibility index (Phi) is 6.44. The van der Waals surface area contributed by atoms with E-state index >= 15 is 0 Å². The van der Waals surface area contributed by atoms with Gasteiger partial charge in [0.25, 0.3) is 0 Å². The molecule has 0 aromatic heterocycles. The van der Waals surface area contributed by atoms with Gasteiger partial charge in [0.1, 0.15) is 11.5 Å². The summed E-state index contributed by atoms with van der Waals surface area (Å²) in [5.41, 5.74) is 1.18. The number of ether oxygens (including phenoxy) is 1. The summed E-state index contributed by atoms with van der Waals surface area (Å²) in [5.74, 6) is 1.28. The van der Waals surface area contributed by atoms with Gasteiger partial charge in [-0.15, -0.1) is 0 Å². The van der Waals surface area contributed by atoms with Crippen molar-refractivity contribution in [3.05, 3.63) is 29.8 Å². The second kappa shape index (κ2) is 7.88. The fourth-order valence-corrected chi connectivity index (χ4v) is 1.78. The summed E-state index contributed by atoms with van der Waals surface area (Å²) in [7, 11) is 1.65. The third-order valence-electron chi connectivity index (χ3n) is 3.07. The van der Waals surface area contributed by atoms with Gasteiger partial charge in [-0.05, 0) is 30.7 Å². The average Bonchev–Trinajstić information content (AvgIpc) is 2.42. The van der Waals surface area contributed by atoms with Crippen molar-refractivity contribution >= 4 is 5.78 Å². The molecule has 100 valence electrons. The molecule has 3 nitrogen and oxygen atoms in total. The molecule has 3 heteroatoms. The molecule has 0 fully saturated rings. The number of carbonyl (C=O) groups is 1. The van der Waals surface area contributed by atoms with Gasteiger partial charge in [0.2, 0.25) is 0 Å². The van der Waals surface area contributed by atoms with E-state index in [1.54, 1.807) is 7.11 Å². The van der Waals surface area contributed by atoms with Crippen molar-refractivity contribution in [3.63, 3.8) is 0 Å². The highest BCUT2D eigenvalue weighted by atomic mass is 16.5. The van der Waals surface area contributed by atoms with E-state index in [4.69, 9.17) is 4.74 Å². The summed E-state index contributed by atoms with van der Waals surface area (Å²) in [5, 5.41) is 3.20. The van der Waals surface area contributed by atoms with E-state index in [0.717, 1.165) is 25.3 Å². The van der Waals surface area contributed by atoms with Crippen LogP contribution in [0.4, 0.5) is 0 Å². The maximum Gasteiger partial charge on any atom is 0.137 e. The lowest BCUT2D eigenvalue weighted by molar-refractivity contribution is -0.122.